The van der Waals surface area contributed by atoms with Gasteiger partial charge in [0.1, 0.15) is 5.75 Å². The van der Waals surface area contributed by atoms with Crippen molar-refractivity contribution in [2.75, 3.05) is 5.73 Å². The van der Waals surface area contributed by atoms with Crippen molar-refractivity contribution in [1.29, 1.82) is 0 Å². The second kappa shape index (κ2) is 2.78. The molecular weight excluding hydrogens is 170 g/mol. The zero-order valence-corrected chi connectivity index (χ0v) is 6.64. The fourth-order valence-electron chi connectivity index (χ4n) is 0.997. The summed E-state index contributed by atoms with van der Waals surface area (Å²) in [6.07, 6.45) is 0. The average Bonchev–Trinajstić information content (AvgIpc) is 2.52. The average molecular weight is 177 g/mol. The van der Waals surface area contributed by atoms with Crippen LogP contribution in [0.1, 0.15) is 0 Å². The third-order valence-electron chi connectivity index (χ3n) is 1.55. The van der Waals surface area contributed by atoms with Gasteiger partial charge in [-0.1, -0.05) is 17.3 Å². The molecule has 0 aliphatic carbocycles. The quantitative estimate of drug-likeness (QED) is 0.679. The number of hydrogen-bond donors (Lipinski definition) is 2. The molecule has 0 radical (unpaired) electrons. The zero-order valence-electron chi connectivity index (χ0n) is 6.64. The maximum atomic E-state index is 9.16. The molecule has 0 aliphatic heterocycles. The predicted molar refractivity (Wildman–Crippen MR) is 45.8 cm³/mol. The highest BCUT2D eigenvalue weighted by Crippen LogP contribution is 2.20. The summed E-state index contributed by atoms with van der Waals surface area (Å²) in [6, 6.07) is 6.55. The van der Waals surface area contributed by atoms with Crippen LogP contribution in [-0.2, 0) is 0 Å². The number of anilines is 1. The Kier molecular flexibility index (Phi) is 1.63. The first-order valence-electron chi connectivity index (χ1n) is 3.64. The van der Waals surface area contributed by atoms with Crippen LogP contribution in [0.15, 0.2) is 28.8 Å². The second-order valence-electron chi connectivity index (χ2n) is 2.51. The van der Waals surface area contributed by atoms with Gasteiger partial charge in [0, 0.05) is 5.56 Å². The topological polar surface area (TPSA) is 85.2 Å². The van der Waals surface area contributed by atoms with Crippen LogP contribution < -0.4 is 5.73 Å². The largest absolute Gasteiger partial charge is 0.508 e. The smallest absolute Gasteiger partial charge is 0.319 e. The molecule has 0 aliphatic rings. The Hall–Kier alpha value is -2.04. The van der Waals surface area contributed by atoms with Crippen LogP contribution >= 0.6 is 0 Å². The highest BCUT2D eigenvalue weighted by atomic mass is 16.5. The van der Waals surface area contributed by atoms with Gasteiger partial charge in [-0.25, -0.2) is 0 Å². The normalized spacial score (nSPS) is 10.2. The van der Waals surface area contributed by atoms with Gasteiger partial charge >= 0.3 is 6.01 Å². The SMILES string of the molecule is Nc1nc(-c2cccc(O)c2)no1. The van der Waals surface area contributed by atoms with Crippen molar-refractivity contribution in [3.8, 4) is 17.1 Å². The molecule has 0 fully saturated rings. The minimum atomic E-state index is 0.0124. The number of nitrogens with two attached hydrogens (primary N) is 1. The molecular formula is C8H7N3O2. The lowest BCUT2D eigenvalue weighted by atomic mass is 10.2. The van der Waals surface area contributed by atoms with Gasteiger partial charge in [-0.15, -0.1) is 0 Å². The number of aromatic hydroxyl groups is 1. The van der Waals surface area contributed by atoms with Crippen molar-refractivity contribution in [2.45, 2.75) is 0 Å². The summed E-state index contributed by atoms with van der Waals surface area (Å²) in [5.41, 5.74) is 5.92. The van der Waals surface area contributed by atoms with Gasteiger partial charge in [-0.3, -0.25) is 0 Å². The first kappa shape index (κ1) is 7.60. The van der Waals surface area contributed by atoms with E-state index in [1.54, 1.807) is 18.2 Å². The van der Waals surface area contributed by atoms with Crippen LogP contribution in [0, 0.1) is 0 Å². The summed E-state index contributed by atoms with van der Waals surface area (Å²) in [4.78, 5) is 3.81. The molecule has 1 aromatic heterocycles. The van der Waals surface area contributed by atoms with E-state index in [1.807, 2.05) is 0 Å². The third kappa shape index (κ3) is 1.44. The Bertz CT molecular complexity index is 425. The number of rotatable bonds is 1. The van der Waals surface area contributed by atoms with E-state index in [1.165, 1.54) is 6.07 Å². The number of hydrogen-bond acceptors (Lipinski definition) is 5. The molecule has 0 atom stereocenters. The highest BCUT2D eigenvalue weighted by Gasteiger charge is 2.05. The third-order valence-corrected chi connectivity index (χ3v) is 1.55. The maximum Gasteiger partial charge on any atom is 0.319 e. The van der Waals surface area contributed by atoms with Crippen molar-refractivity contribution in [3.05, 3.63) is 24.3 Å². The number of phenols is 1. The van der Waals surface area contributed by atoms with Gasteiger partial charge < -0.3 is 15.4 Å². The molecule has 0 saturated carbocycles. The standard InChI is InChI=1S/C8H7N3O2/c9-8-10-7(11-13-8)5-2-1-3-6(12)4-5/h1-4,12H,(H2,9,10,11). The molecule has 0 spiro atoms. The van der Waals surface area contributed by atoms with Crippen molar-refractivity contribution in [1.82, 2.24) is 10.1 Å². The summed E-state index contributed by atoms with van der Waals surface area (Å²) >= 11 is 0. The lowest BCUT2D eigenvalue weighted by Gasteiger charge is -1.93. The molecule has 1 heterocycles. The van der Waals surface area contributed by atoms with Crippen molar-refractivity contribution in [2.24, 2.45) is 0 Å². The van der Waals surface area contributed by atoms with Crippen molar-refractivity contribution >= 4 is 6.01 Å². The Morgan fingerprint density at radius 3 is 2.85 bits per heavy atom. The van der Waals surface area contributed by atoms with Gasteiger partial charge in [-0.2, -0.15) is 4.98 Å². The first-order valence-corrected chi connectivity index (χ1v) is 3.64. The molecule has 0 amide bonds. The van der Waals surface area contributed by atoms with E-state index < -0.39 is 0 Å². The molecule has 0 unspecified atom stereocenters. The van der Waals surface area contributed by atoms with E-state index in [4.69, 9.17) is 10.8 Å². The van der Waals surface area contributed by atoms with Gasteiger partial charge in [0.25, 0.3) is 0 Å². The van der Waals surface area contributed by atoms with Crippen molar-refractivity contribution < 1.29 is 9.63 Å². The summed E-state index contributed by atoms with van der Waals surface area (Å²) in [5.74, 6) is 0.522. The minimum absolute atomic E-state index is 0.0124. The fourth-order valence-corrected chi connectivity index (χ4v) is 0.997. The van der Waals surface area contributed by atoms with Crippen LogP contribution in [-0.4, -0.2) is 15.2 Å². The summed E-state index contributed by atoms with van der Waals surface area (Å²) in [6.45, 7) is 0. The van der Waals surface area contributed by atoms with Gasteiger partial charge in [0.15, 0.2) is 0 Å². The lowest BCUT2D eigenvalue weighted by Crippen LogP contribution is -1.83. The van der Waals surface area contributed by atoms with Crippen LogP contribution in [0.4, 0.5) is 6.01 Å². The Balaban J connectivity index is 2.46. The fraction of sp³-hybridized carbons (Fsp3) is 0. The Labute approximate surface area is 73.8 Å². The molecule has 5 nitrogen and oxygen atoms in total. The van der Waals surface area contributed by atoms with E-state index in [0.717, 1.165) is 0 Å². The van der Waals surface area contributed by atoms with Crippen LogP contribution in [0.3, 0.4) is 0 Å². The summed E-state index contributed by atoms with van der Waals surface area (Å²) in [5, 5.41) is 12.8. The number of nitrogen functional groups attached to an aromatic ring is 1. The van der Waals surface area contributed by atoms with Gasteiger partial charge in [0.05, 0.1) is 0 Å². The van der Waals surface area contributed by atoms with Gasteiger partial charge in [0.2, 0.25) is 5.82 Å². The molecule has 13 heavy (non-hydrogen) atoms. The maximum absolute atomic E-state index is 9.16. The Morgan fingerprint density at radius 1 is 1.38 bits per heavy atom. The number of benzene rings is 1. The van der Waals surface area contributed by atoms with Crippen LogP contribution in [0.5, 0.6) is 5.75 Å². The molecule has 1 aromatic carbocycles. The molecule has 2 rings (SSSR count). The van der Waals surface area contributed by atoms with E-state index in [2.05, 4.69) is 14.7 Å². The molecule has 0 saturated heterocycles. The molecule has 66 valence electrons. The zero-order chi connectivity index (χ0) is 9.26. The highest BCUT2D eigenvalue weighted by molar-refractivity contribution is 5.57. The molecule has 3 N–H and O–H groups in total. The van der Waals surface area contributed by atoms with Crippen LogP contribution in [0.2, 0.25) is 0 Å². The molecule has 0 bridgehead atoms. The number of phenolic OH excluding ortho intramolecular Hbond substituents is 1. The van der Waals surface area contributed by atoms with Crippen molar-refractivity contribution in [3.63, 3.8) is 0 Å². The molecule has 2 aromatic rings. The van der Waals surface area contributed by atoms with Crippen LogP contribution in [0.25, 0.3) is 11.4 Å². The number of nitrogens with zero attached hydrogens (tertiary/aromatic N) is 2. The lowest BCUT2D eigenvalue weighted by molar-refractivity contribution is 0.437. The van der Waals surface area contributed by atoms with E-state index in [9.17, 15) is 0 Å². The summed E-state index contributed by atoms with van der Waals surface area (Å²) < 4.78 is 4.59. The summed E-state index contributed by atoms with van der Waals surface area (Å²) in [7, 11) is 0. The first-order chi connectivity index (χ1) is 6.25. The second-order valence-corrected chi connectivity index (χ2v) is 2.51. The van der Waals surface area contributed by atoms with E-state index in [0.29, 0.717) is 11.4 Å². The number of aromatic nitrogens is 2. The van der Waals surface area contributed by atoms with E-state index in [-0.39, 0.29) is 11.8 Å². The Morgan fingerprint density at radius 2 is 2.23 bits per heavy atom. The molecule has 5 heteroatoms. The van der Waals surface area contributed by atoms with Gasteiger partial charge in [-0.05, 0) is 12.1 Å². The monoisotopic (exact) mass is 177 g/mol. The minimum Gasteiger partial charge on any atom is -0.508 e. The van der Waals surface area contributed by atoms with E-state index >= 15 is 0 Å². The predicted octanol–water partition coefficient (Wildman–Crippen LogP) is 1.02.